The summed E-state index contributed by atoms with van der Waals surface area (Å²) in [7, 11) is 1.80. The summed E-state index contributed by atoms with van der Waals surface area (Å²) in [5.74, 6) is 0.893. The summed E-state index contributed by atoms with van der Waals surface area (Å²) >= 11 is 0. The van der Waals surface area contributed by atoms with Crippen molar-refractivity contribution < 1.29 is 9.53 Å². The number of hydrogen-bond donors (Lipinski definition) is 1. The average Bonchev–Trinajstić information content (AvgIpc) is 2.40. The second kappa shape index (κ2) is 5.34. The van der Waals surface area contributed by atoms with Crippen LogP contribution in [0.3, 0.4) is 0 Å². The van der Waals surface area contributed by atoms with E-state index in [4.69, 9.17) is 10.5 Å². The number of anilines is 1. The van der Waals surface area contributed by atoms with Gasteiger partial charge in [0.25, 0.3) is 5.91 Å². The molecule has 0 fully saturated rings. The van der Waals surface area contributed by atoms with E-state index in [-0.39, 0.29) is 23.3 Å². The molecular formula is C17H26N2O2. The van der Waals surface area contributed by atoms with Gasteiger partial charge in [0, 0.05) is 13.1 Å². The van der Waals surface area contributed by atoms with Gasteiger partial charge < -0.3 is 15.4 Å². The molecule has 116 valence electrons. The molecule has 0 bridgehead atoms. The number of ether oxygens (including phenoxy) is 1. The maximum Gasteiger partial charge on any atom is 0.268 e. The highest BCUT2D eigenvalue weighted by molar-refractivity contribution is 5.99. The molecule has 4 heteroatoms. The number of carbonyl (C=O) groups excluding carboxylic acids is 1. The van der Waals surface area contributed by atoms with Crippen LogP contribution >= 0.6 is 0 Å². The number of rotatable bonds is 2. The Morgan fingerprint density at radius 1 is 1.29 bits per heavy atom. The molecule has 4 nitrogen and oxygen atoms in total. The average molecular weight is 290 g/mol. The van der Waals surface area contributed by atoms with E-state index in [2.05, 4.69) is 20.8 Å². The molecule has 1 aliphatic heterocycles. The van der Waals surface area contributed by atoms with Crippen LogP contribution < -0.4 is 15.4 Å². The molecule has 2 rings (SSSR count). The van der Waals surface area contributed by atoms with Gasteiger partial charge in [-0.25, -0.2) is 0 Å². The van der Waals surface area contributed by atoms with Gasteiger partial charge >= 0.3 is 0 Å². The van der Waals surface area contributed by atoms with Crippen LogP contribution in [0.25, 0.3) is 0 Å². The summed E-state index contributed by atoms with van der Waals surface area (Å²) in [5, 5.41) is 0. The summed E-state index contributed by atoms with van der Waals surface area (Å²) in [6, 6.07) is 5.80. The molecule has 0 spiro atoms. The van der Waals surface area contributed by atoms with Crippen molar-refractivity contribution in [1.29, 1.82) is 0 Å². The molecule has 2 atom stereocenters. The standard InChI is InChI=1S/C17H26N2O2/c1-10(2)14-16(20)19(6)12-9-11(7-8-13(12)21-14)15(18)17(3,4)5/h7-10,14-15H,18H2,1-6H3. The maximum absolute atomic E-state index is 12.4. The van der Waals surface area contributed by atoms with Crippen molar-refractivity contribution in [3.05, 3.63) is 23.8 Å². The molecule has 2 N–H and O–H groups in total. The summed E-state index contributed by atoms with van der Waals surface area (Å²) in [5.41, 5.74) is 8.10. The monoisotopic (exact) mass is 290 g/mol. The lowest BCUT2D eigenvalue weighted by Crippen LogP contribution is -2.46. The summed E-state index contributed by atoms with van der Waals surface area (Å²) < 4.78 is 5.86. The summed E-state index contributed by atoms with van der Waals surface area (Å²) in [6.07, 6.45) is -0.412. The molecule has 1 amide bonds. The van der Waals surface area contributed by atoms with Crippen molar-refractivity contribution >= 4 is 11.6 Å². The van der Waals surface area contributed by atoms with Crippen molar-refractivity contribution in [2.75, 3.05) is 11.9 Å². The minimum atomic E-state index is -0.412. The molecule has 2 unspecified atom stereocenters. The van der Waals surface area contributed by atoms with Crippen molar-refractivity contribution in [2.24, 2.45) is 17.1 Å². The van der Waals surface area contributed by atoms with E-state index in [0.29, 0.717) is 0 Å². The van der Waals surface area contributed by atoms with Gasteiger partial charge in [-0.15, -0.1) is 0 Å². The van der Waals surface area contributed by atoms with Gasteiger partial charge in [-0.1, -0.05) is 40.7 Å². The third-order valence-corrected chi connectivity index (χ3v) is 4.07. The normalized spacial score (nSPS) is 20.3. The van der Waals surface area contributed by atoms with Gasteiger partial charge in [-0.2, -0.15) is 0 Å². The van der Waals surface area contributed by atoms with Crippen LogP contribution in [0.4, 0.5) is 5.69 Å². The Morgan fingerprint density at radius 2 is 1.90 bits per heavy atom. The third kappa shape index (κ3) is 2.91. The first-order chi connectivity index (χ1) is 9.62. The fraction of sp³-hybridized carbons (Fsp3) is 0.588. The van der Waals surface area contributed by atoms with Gasteiger partial charge in [0.2, 0.25) is 0 Å². The van der Waals surface area contributed by atoms with E-state index >= 15 is 0 Å². The van der Waals surface area contributed by atoms with Crippen LogP contribution in [0.5, 0.6) is 5.75 Å². The minimum absolute atomic E-state index is 0.000944. The molecule has 0 aromatic heterocycles. The van der Waals surface area contributed by atoms with Gasteiger partial charge in [0.1, 0.15) is 5.75 Å². The predicted molar refractivity (Wildman–Crippen MR) is 85.5 cm³/mol. The first-order valence-corrected chi connectivity index (χ1v) is 7.46. The van der Waals surface area contributed by atoms with Gasteiger partial charge in [0.15, 0.2) is 6.10 Å². The molecule has 1 aromatic carbocycles. The van der Waals surface area contributed by atoms with Crippen LogP contribution in [0.1, 0.15) is 46.2 Å². The van der Waals surface area contributed by atoms with Gasteiger partial charge in [-0.3, -0.25) is 4.79 Å². The number of benzene rings is 1. The number of likely N-dealkylation sites (N-methyl/N-ethyl adjacent to an activating group) is 1. The molecule has 0 saturated carbocycles. The fourth-order valence-corrected chi connectivity index (χ4v) is 2.51. The Hall–Kier alpha value is -1.55. The molecule has 1 heterocycles. The maximum atomic E-state index is 12.4. The van der Waals surface area contributed by atoms with Gasteiger partial charge in [0.05, 0.1) is 5.69 Å². The Balaban J connectivity index is 2.40. The highest BCUT2D eigenvalue weighted by Gasteiger charge is 2.35. The Bertz CT molecular complexity index is 546. The highest BCUT2D eigenvalue weighted by atomic mass is 16.5. The Morgan fingerprint density at radius 3 is 2.43 bits per heavy atom. The van der Waals surface area contributed by atoms with E-state index in [1.54, 1.807) is 11.9 Å². The van der Waals surface area contributed by atoms with Crippen molar-refractivity contribution in [3.63, 3.8) is 0 Å². The highest BCUT2D eigenvalue weighted by Crippen LogP contribution is 2.39. The van der Waals surface area contributed by atoms with E-state index in [1.807, 2.05) is 32.0 Å². The Labute approximate surface area is 127 Å². The van der Waals surface area contributed by atoms with Crippen LogP contribution in [-0.4, -0.2) is 19.1 Å². The zero-order chi connectivity index (χ0) is 15.9. The van der Waals surface area contributed by atoms with Crippen molar-refractivity contribution in [1.82, 2.24) is 0 Å². The lowest BCUT2D eigenvalue weighted by atomic mass is 9.83. The van der Waals surface area contributed by atoms with Gasteiger partial charge in [-0.05, 0) is 29.0 Å². The van der Waals surface area contributed by atoms with Crippen LogP contribution in [-0.2, 0) is 4.79 Å². The third-order valence-electron chi connectivity index (χ3n) is 4.07. The topological polar surface area (TPSA) is 55.6 Å². The quantitative estimate of drug-likeness (QED) is 0.910. The summed E-state index contributed by atoms with van der Waals surface area (Å²) in [4.78, 5) is 14.1. The first-order valence-electron chi connectivity index (χ1n) is 7.46. The number of nitrogens with zero attached hydrogens (tertiary/aromatic N) is 1. The molecule has 0 saturated heterocycles. The van der Waals surface area contributed by atoms with E-state index < -0.39 is 6.10 Å². The summed E-state index contributed by atoms with van der Waals surface area (Å²) in [6.45, 7) is 10.3. The number of amides is 1. The minimum Gasteiger partial charge on any atom is -0.478 e. The molecule has 0 aliphatic carbocycles. The lowest BCUT2D eigenvalue weighted by molar-refractivity contribution is -0.127. The number of fused-ring (bicyclic) bond motifs is 1. The number of hydrogen-bond acceptors (Lipinski definition) is 3. The molecule has 21 heavy (non-hydrogen) atoms. The van der Waals surface area contributed by atoms with Crippen molar-refractivity contribution in [2.45, 2.75) is 46.8 Å². The van der Waals surface area contributed by atoms with E-state index in [0.717, 1.165) is 17.0 Å². The molecule has 1 aliphatic rings. The van der Waals surface area contributed by atoms with Crippen molar-refractivity contribution in [3.8, 4) is 5.75 Å². The lowest BCUT2D eigenvalue weighted by Gasteiger charge is -2.35. The Kier molecular flexibility index (Phi) is 4.02. The number of carbonyl (C=O) groups is 1. The SMILES string of the molecule is CC(C)C1Oc2ccc(C(N)C(C)(C)C)cc2N(C)C1=O. The fourth-order valence-electron chi connectivity index (χ4n) is 2.51. The second-order valence-corrected chi connectivity index (χ2v) is 7.25. The first kappa shape index (κ1) is 15.8. The van der Waals surface area contributed by atoms with Crippen LogP contribution in [0, 0.1) is 11.3 Å². The largest absolute Gasteiger partial charge is 0.478 e. The molecular weight excluding hydrogens is 264 g/mol. The zero-order valence-electron chi connectivity index (χ0n) is 13.8. The molecule has 0 radical (unpaired) electrons. The smallest absolute Gasteiger partial charge is 0.268 e. The van der Waals surface area contributed by atoms with E-state index in [1.165, 1.54) is 0 Å². The van der Waals surface area contributed by atoms with Crippen LogP contribution in [0.15, 0.2) is 18.2 Å². The van der Waals surface area contributed by atoms with E-state index in [9.17, 15) is 4.79 Å². The predicted octanol–water partition coefficient (Wildman–Crippen LogP) is 3.11. The number of nitrogens with two attached hydrogens (primary N) is 1. The molecule has 1 aromatic rings. The second-order valence-electron chi connectivity index (χ2n) is 7.25. The van der Waals surface area contributed by atoms with Crippen LogP contribution in [0.2, 0.25) is 0 Å². The zero-order valence-corrected chi connectivity index (χ0v) is 13.8.